The Morgan fingerprint density at radius 1 is 1.50 bits per heavy atom. The Labute approximate surface area is 102 Å². The van der Waals surface area contributed by atoms with E-state index in [0.717, 1.165) is 23.2 Å². The van der Waals surface area contributed by atoms with Gasteiger partial charge >= 0.3 is 5.69 Å². The van der Waals surface area contributed by atoms with Gasteiger partial charge in [-0.2, -0.15) is 0 Å². The van der Waals surface area contributed by atoms with Gasteiger partial charge in [-0.15, -0.1) is 11.8 Å². The summed E-state index contributed by atoms with van der Waals surface area (Å²) in [6.07, 6.45) is 2.24. The number of aromatic amines is 1. The van der Waals surface area contributed by atoms with E-state index >= 15 is 0 Å². The number of imidazole rings is 1. The van der Waals surface area contributed by atoms with Crippen molar-refractivity contribution in [3.8, 4) is 0 Å². The van der Waals surface area contributed by atoms with Crippen LogP contribution in [0.5, 0.6) is 0 Å². The topological polar surface area (TPSA) is 37.8 Å². The molecule has 0 aliphatic carbocycles. The fraction of sp³-hybridized carbons (Fsp3) is 0.364. The maximum absolute atomic E-state index is 11.9. The van der Waals surface area contributed by atoms with Gasteiger partial charge in [0.15, 0.2) is 0 Å². The van der Waals surface area contributed by atoms with Crippen molar-refractivity contribution in [2.75, 3.05) is 5.75 Å². The molecule has 0 spiro atoms. The average molecular weight is 255 g/mol. The highest BCUT2D eigenvalue weighted by Crippen LogP contribution is 2.36. The molecule has 2 heterocycles. The monoisotopic (exact) mass is 254 g/mol. The van der Waals surface area contributed by atoms with Crippen LogP contribution >= 0.6 is 23.4 Å². The summed E-state index contributed by atoms with van der Waals surface area (Å²) in [4.78, 5) is 14.7. The fourth-order valence-corrected chi connectivity index (χ4v) is 3.68. The zero-order chi connectivity index (χ0) is 11.1. The Hall–Kier alpha value is -0.870. The van der Waals surface area contributed by atoms with Crippen LogP contribution in [0.25, 0.3) is 11.0 Å². The van der Waals surface area contributed by atoms with E-state index in [1.54, 1.807) is 6.07 Å². The Morgan fingerprint density at radius 3 is 3.12 bits per heavy atom. The van der Waals surface area contributed by atoms with Crippen LogP contribution in [0.1, 0.15) is 18.2 Å². The van der Waals surface area contributed by atoms with Crippen molar-refractivity contribution in [1.82, 2.24) is 9.55 Å². The molecule has 1 aromatic heterocycles. The standard InChI is InChI=1S/C11H11ClN2OS/c12-7-3-1-4-8-10(7)13-11(15)14(8)9-5-2-6-16-9/h1,3-4,9H,2,5-6H2,(H,13,15). The average Bonchev–Trinajstić information content (AvgIpc) is 2.85. The van der Waals surface area contributed by atoms with Gasteiger partial charge in [0.05, 0.1) is 21.4 Å². The van der Waals surface area contributed by atoms with E-state index < -0.39 is 0 Å². The molecule has 2 aromatic rings. The zero-order valence-electron chi connectivity index (χ0n) is 8.57. The molecular formula is C11H11ClN2OS. The third-order valence-corrected chi connectivity index (χ3v) is 4.57. The summed E-state index contributed by atoms with van der Waals surface area (Å²) < 4.78 is 1.83. The van der Waals surface area contributed by atoms with Gasteiger partial charge in [0.1, 0.15) is 0 Å². The van der Waals surface area contributed by atoms with E-state index in [4.69, 9.17) is 11.6 Å². The molecule has 16 heavy (non-hydrogen) atoms. The molecule has 1 aliphatic heterocycles. The van der Waals surface area contributed by atoms with Gasteiger partial charge in [-0.1, -0.05) is 17.7 Å². The van der Waals surface area contributed by atoms with Crippen molar-refractivity contribution in [3.05, 3.63) is 33.7 Å². The van der Waals surface area contributed by atoms with Crippen LogP contribution in [-0.2, 0) is 0 Å². The van der Waals surface area contributed by atoms with Gasteiger partial charge in [0.25, 0.3) is 0 Å². The predicted octanol–water partition coefficient (Wildman–Crippen LogP) is 3.01. The summed E-state index contributed by atoms with van der Waals surface area (Å²) in [5, 5.41) is 0.871. The molecule has 3 rings (SSSR count). The first-order valence-electron chi connectivity index (χ1n) is 5.28. The summed E-state index contributed by atoms with van der Waals surface area (Å²) in [6, 6.07) is 5.62. The van der Waals surface area contributed by atoms with Crippen LogP contribution in [0.3, 0.4) is 0 Å². The number of benzene rings is 1. The van der Waals surface area contributed by atoms with Crippen LogP contribution in [0.15, 0.2) is 23.0 Å². The van der Waals surface area contributed by atoms with Gasteiger partial charge in [-0.05, 0) is 30.7 Å². The van der Waals surface area contributed by atoms with Crippen LogP contribution in [0.2, 0.25) is 5.02 Å². The van der Waals surface area contributed by atoms with Crippen molar-refractivity contribution < 1.29 is 0 Å². The lowest BCUT2D eigenvalue weighted by atomic mass is 10.3. The number of thioether (sulfide) groups is 1. The number of nitrogens with one attached hydrogen (secondary N) is 1. The molecule has 0 saturated carbocycles. The van der Waals surface area contributed by atoms with Gasteiger partial charge in [-0.25, -0.2) is 4.79 Å². The Morgan fingerprint density at radius 2 is 2.38 bits per heavy atom. The Bertz CT molecular complexity index is 583. The second kappa shape index (κ2) is 3.86. The molecule has 1 aromatic carbocycles. The third kappa shape index (κ3) is 1.48. The molecule has 5 heteroatoms. The van der Waals surface area contributed by atoms with E-state index in [1.807, 2.05) is 28.5 Å². The highest BCUT2D eigenvalue weighted by Gasteiger charge is 2.21. The SMILES string of the molecule is O=c1[nH]c2c(Cl)cccc2n1C1CCCS1. The number of H-pyrrole nitrogens is 1. The molecule has 0 amide bonds. The molecule has 1 saturated heterocycles. The molecule has 0 radical (unpaired) electrons. The second-order valence-corrected chi connectivity index (χ2v) is 5.59. The van der Waals surface area contributed by atoms with Crippen molar-refractivity contribution >= 4 is 34.4 Å². The van der Waals surface area contributed by atoms with Crippen molar-refractivity contribution in [1.29, 1.82) is 0 Å². The molecule has 1 unspecified atom stereocenters. The number of halogens is 1. The van der Waals surface area contributed by atoms with Crippen LogP contribution in [0, 0.1) is 0 Å². The van der Waals surface area contributed by atoms with Gasteiger partial charge < -0.3 is 4.98 Å². The largest absolute Gasteiger partial charge is 0.327 e. The maximum atomic E-state index is 11.9. The van der Waals surface area contributed by atoms with E-state index in [-0.39, 0.29) is 11.1 Å². The Balaban J connectivity index is 2.27. The minimum Gasteiger partial charge on any atom is -0.304 e. The van der Waals surface area contributed by atoms with E-state index in [2.05, 4.69) is 4.98 Å². The molecule has 3 nitrogen and oxygen atoms in total. The quantitative estimate of drug-likeness (QED) is 0.850. The Kier molecular flexibility index (Phi) is 2.48. The molecule has 1 aliphatic rings. The summed E-state index contributed by atoms with van der Waals surface area (Å²) in [5.41, 5.74) is 1.61. The second-order valence-electron chi connectivity index (χ2n) is 3.90. The third-order valence-electron chi connectivity index (χ3n) is 2.90. The van der Waals surface area contributed by atoms with Gasteiger partial charge in [0.2, 0.25) is 0 Å². The highest BCUT2D eigenvalue weighted by atomic mass is 35.5. The maximum Gasteiger partial charge on any atom is 0.327 e. The van der Waals surface area contributed by atoms with Crippen molar-refractivity contribution in [2.24, 2.45) is 0 Å². The smallest absolute Gasteiger partial charge is 0.304 e. The summed E-state index contributed by atoms with van der Waals surface area (Å²) >= 11 is 7.89. The van der Waals surface area contributed by atoms with E-state index in [9.17, 15) is 4.79 Å². The van der Waals surface area contributed by atoms with Gasteiger partial charge in [0, 0.05) is 0 Å². The first-order chi connectivity index (χ1) is 7.77. The lowest BCUT2D eigenvalue weighted by molar-refractivity contribution is 0.641. The number of para-hydroxylation sites is 1. The number of nitrogens with zero attached hydrogens (tertiary/aromatic N) is 1. The predicted molar refractivity (Wildman–Crippen MR) is 68.3 cm³/mol. The molecule has 1 N–H and O–H groups in total. The number of fused-ring (bicyclic) bond motifs is 1. The van der Waals surface area contributed by atoms with Gasteiger partial charge in [-0.3, -0.25) is 4.57 Å². The summed E-state index contributed by atoms with van der Waals surface area (Å²) in [6.45, 7) is 0. The van der Waals surface area contributed by atoms with E-state index in [0.29, 0.717) is 5.02 Å². The first-order valence-corrected chi connectivity index (χ1v) is 6.70. The van der Waals surface area contributed by atoms with Crippen LogP contribution in [-0.4, -0.2) is 15.3 Å². The number of hydrogen-bond acceptors (Lipinski definition) is 2. The first kappa shape index (κ1) is 10.3. The number of rotatable bonds is 1. The molecule has 0 bridgehead atoms. The van der Waals surface area contributed by atoms with Crippen LogP contribution < -0.4 is 5.69 Å². The molecule has 1 atom stereocenters. The summed E-state index contributed by atoms with van der Waals surface area (Å²) in [7, 11) is 0. The minimum atomic E-state index is -0.0532. The molecular weight excluding hydrogens is 244 g/mol. The molecule has 84 valence electrons. The molecule has 1 fully saturated rings. The fourth-order valence-electron chi connectivity index (χ4n) is 2.16. The lowest BCUT2D eigenvalue weighted by Crippen LogP contribution is -2.18. The zero-order valence-corrected chi connectivity index (χ0v) is 10.1. The normalized spacial score (nSPS) is 20.7. The minimum absolute atomic E-state index is 0.0532. The van der Waals surface area contributed by atoms with E-state index in [1.165, 1.54) is 6.42 Å². The highest BCUT2D eigenvalue weighted by molar-refractivity contribution is 7.99. The van der Waals surface area contributed by atoms with Crippen molar-refractivity contribution in [2.45, 2.75) is 18.2 Å². The van der Waals surface area contributed by atoms with Crippen LogP contribution in [0.4, 0.5) is 0 Å². The number of aromatic nitrogens is 2. The number of hydrogen-bond donors (Lipinski definition) is 1. The summed E-state index contributed by atoms with van der Waals surface area (Å²) in [5.74, 6) is 1.13. The lowest BCUT2D eigenvalue weighted by Gasteiger charge is -2.10. The van der Waals surface area contributed by atoms with Crippen molar-refractivity contribution in [3.63, 3.8) is 0 Å².